The smallest absolute Gasteiger partial charge is 0.311 e. The zero-order valence-electron chi connectivity index (χ0n) is 18.1. The van der Waals surface area contributed by atoms with Gasteiger partial charge in [0.15, 0.2) is 0 Å². The van der Waals surface area contributed by atoms with Gasteiger partial charge in [-0.2, -0.15) is 4.72 Å². The molecule has 0 fully saturated rings. The fourth-order valence-corrected chi connectivity index (χ4v) is 9.08. The van der Waals surface area contributed by atoms with Crippen LogP contribution in [0.4, 0.5) is 0 Å². The molecule has 0 saturated heterocycles. The van der Waals surface area contributed by atoms with Crippen LogP contribution in [-0.4, -0.2) is 41.3 Å². The molecule has 3 unspecified atom stereocenters. The van der Waals surface area contributed by atoms with E-state index in [2.05, 4.69) is 9.71 Å². The van der Waals surface area contributed by atoms with Gasteiger partial charge in [0.05, 0.1) is 16.1 Å². The molecule has 0 bridgehead atoms. The van der Waals surface area contributed by atoms with Crippen molar-refractivity contribution in [1.29, 1.82) is 0 Å². The van der Waals surface area contributed by atoms with Crippen molar-refractivity contribution in [2.24, 2.45) is 11.7 Å². The van der Waals surface area contributed by atoms with E-state index in [0.717, 1.165) is 11.3 Å². The summed E-state index contributed by atoms with van der Waals surface area (Å²) in [4.78, 5) is 27.0. The minimum atomic E-state index is -4.33. The number of aromatic nitrogens is 1. The summed E-state index contributed by atoms with van der Waals surface area (Å²) in [5.74, 6) is -4.57. The topological polar surface area (TPSA) is 160 Å². The number of nitrogens with two attached hydrogens (primary N) is 1. The third kappa shape index (κ3) is 5.87. The van der Waals surface area contributed by atoms with Gasteiger partial charge < -0.3 is 15.7 Å². The summed E-state index contributed by atoms with van der Waals surface area (Å²) in [7, 11) is -8.55. The number of carboxylic acid groups (broad SMARTS) is 1. The lowest BCUT2D eigenvalue weighted by Crippen LogP contribution is -2.39. The number of aliphatic carboxylic acids is 1. The van der Waals surface area contributed by atoms with Crippen LogP contribution in [0, 0.1) is 5.92 Å². The summed E-state index contributed by atoms with van der Waals surface area (Å²) in [6.45, 7) is 3.38. The van der Waals surface area contributed by atoms with Gasteiger partial charge in [0.25, 0.3) is 10.0 Å². The maximum absolute atomic E-state index is 13.4. The number of fused-ring (bicyclic) bond motifs is 1. The third-order valence-electron chi connectivity index (χ3n) is 5.18. The molecule has 0 spiro atoms. The number of sulfonamides is 1. The number of nitrogens with zero attached hydrogens (tertiary/aromatic N) is 1. The Morgan fingerprint density at radius 3 is 2.52 bits per heavy atom. The fraction of sp³-hybridized carbons (Fsp3) is 0.333. The molecule has 3 atom stereocenters. The molecule has 3 rings (SSSR count). The van der Waals surface area contributed by atoms with E-state index in [-0.39, 0.29) is 10.9 Å². The molecule has 3 aromatic rings. The highest BCUT2D eigenvalue weighted by Crippen LogP contribution is 2.51. The summed E-state index contributed by atoms with van der Waals surface area (Å²) in [5.41, 5.74) is 7.14. The lowest BCUT2D eigenvalue weighted by atomic mass is 9.99. The first-order chi connectivity index (χ1) is 15.4. The number of rotatable bonds is 10. The molecule has 0 amide bonds. The first-order valence-corrected chi connectivity index (χ1v) is 14.4. The lowest BCUT2D eigenvalue weighted by Gasteiger charge is -2.28. The van der Waals surface area contributed by atoms with Crippen LogP contribution < -0.4 is 10.5 Å². The molecular weight excluding hydrogens is 485 g/mol. The molecule has 1 aromatic heterocycles. The zero-order valence-corrected chi connectivity index (χ0v) is 20.6. The van der Waals surface area contributed by atoms with Crippen LogP contribution in [0.3, 0.4) is 0 Å². The van der Waals surface area contributed by atoms with Crippen LogP contribution in [0.25, 0.3) is 10.2 Å². The number of para-hydroxylation sites is 1. The summed E-state index contributed by atoms with van der Waals surface area (Å²) in [6.07, 6.45) is -0.637. The zero-order chi connectivity index (χ0) is 24.4. The monoisotopic (exact) mass is 511 g/mol. The number of hydrogen-bond acceptors (Lipinski definition) is 7. The van der Waals surface area contributed by atoms with Gasteiger partial charge in [-0.05, 0) is 29.2 Å². The molecule has 0 aliphatic carbocycles. The van der Waals surface area contributed by atoms with Crippen LogP contribution >= 0.6 is 18.7 Å². The number of thiazole rings is 1. The lowest BCUT2D eigenvalue weighted by molar-refractivity contribution is -0.138. The number of hydrogen-bond donors (Lipinski definition) is 4. The van der Waals surface area contributed by atoms with E-state index in [0.29, 0.717) is 21.3 Å². The highest BCUT2D eigenvalue weighted by atomic mass is 32.2. The third-order valence-corrected chi connectivity index (χ3v) is 10.7. The SMILES string of the molecule is CC(C)C(NS(=O)(=O)c1nc2ccccc2s1)P(=O)(O)CC(C(=O)O)c1cccc(CN)c1. The molecule has 2 aromatic carbocycles. The van der Waals surface area contributed by atoms with Gasteiger partial charge in [-0.3, -0.25) is 9.36 Å². The molecule has 0 aliphatic rings. The predicted octanol–water partition coefficient (Wildman–Crippen LogP) is 3.15. The fourth-order valence-electron chi connectivity index (χ4n) is 3.50. The minimum Gasteiger partial charge on any atom is -0.481 e. The van der Waals surface area contributed by atoms with Crippen LogP contribution in [0.15, 0.2) is 52.9 Å². The largest absolute Gasteiger partial charge is 0.481 e. The molecular formula is C21H26N3O6PS2. The van der Waals surface area contributed by atoms with E-state index >= 15 is 0 Å². The molecule has 0 saturated carbocycles. The maximum atomic E-state index is 13.4. The van der Waals surface area contributed by atoms with Crippen molar-refractivity contribution < 1.29 is 27.8 Å². The molecule has 178 valence electrons. The van der Waals surface area contributed by atoms with Crippen molar-refractivity contribution >= 4 is 44.9 Å². The molecule has 0 radical (unpaired) electrons. The molecule has 0 aliphatic heterocycles. The first-order valence-electron chi connectivity index (χ1n) is 10.2. The van der Waals surface area contributed by atoms with Crippen LogP contribution in [0.5, 0.6) is 0 Å². The van der Waals surface area contributed by atoms with Crippen LogP contribution in [-0.2, 0) is 25.9 Å². The Balaban J connectivity index is 1.91. The number of carbonyl (C=O) groups is 1. The Morgan fingerprint density at radius 1 is 1.21 bits per heavy atom. The summed E-state index contributed by atoms with van der Waals surface area (Å²) in [5, 5.41) is 9.75. The van der Waals surface area contributed by atoms with Crippen molar-refractivity contribution in [3.63, 3.8) is 0 Å². The van der Waals surface area contributed by atoms with E-state index in [1.54, 1.807) is 62.4 Å². The quantitative estimate of drug-likeness (QED) is 0.302. The Kier molecular flexibility index (Phi) is 7.73. The summed E-state index contributed by atoms with van der Waals surface area (Å²) in [6, 6.07) is 13.4. The van der Waals surface area contributed by atoms with Gasteiger partial charge in [0.1, 0.15) is 5.78 Å². The second kappa shape index (κ2) is 10.0. The van der Waals surface area contributed by atoms with Gasteiger partial charge in [0.2, 0.25) is 11.7 Å². The van der Waals surface area contributed by atoms with E-state index < -0.39 is 47.1 Å². The second-order valence-corrected chi connectivity index (χ2v) is 13.4. The average molecular weight is 512 g/mol. The Bertz CT molecular complexity index is 1280. The highest BCUT2D eigenvalue weighted by molar-refractivity contribution is 7.92. The Hall–Kier alpha value is -2.14. The Morgan fingerprint density at radius 2 is 1.91 bits per heavy atom. The minimum absolute atomic E-state index is 0.188. The first kappa shape index (κ1) is 25.5. The van der Waals surface area contributed by atoms with E-state index in [4.69, 9.17) is 5.73 Å². The number of benzene rings is 2. The van der Waals surface area contributed by atoms with Gasteiger partial charge in [0, 0.05) is 12.7 Å². The van der Waals surface area contributed by atoms with Crippen molar-refractivity contribution in [1.82, 2.24) is 9.71 Å². The van der Waals surface area contributed by atoms with Crippen molar-refractivity contribution in [3.8, 4) is 0 Å². The molecule has 5 N–H and O–H groups in total. The summed E-state index contributed by atoms with van der Waals surface area (Å²) >= 11 is 0.949. The molecule has 33 heavy (non-hydrogen) atoms. The van der Waals surface area contributed by atoms with Crippen molar-refractivity contribution in [2.45, 2.75) is 36.4 Å². The van der Waals surface area contributed by atoms with Gasteiger partial charge in [-0.1, -0.05) is 50.2 Å². The number of nitrogens with one attached hydrogen (secondary N) is 1. The van der Waals surface area contributed by atoms with E-state index in [9.17, 15) is 27.8 Å². The van der Waals surface area contributed by atoms with Gasteiger partial charge >= 0.3 is 5.97 Å². The highest BCUT2D eigenvalue weighted by Gasteiger charge is 2.41. The van der Waals surface area contributed by atoms with E-state index in [1.807, 2.05) is 0 Å². The summed E-state index contributed by atoms with van der Waals surface area (Å²) < 4.78 is 42.2. The average Bonchev–Trinajstić information content (AvgIpc) is 3.21. The Labute approximate surface area is 196 Å². The van der Waals surface area contributed by atoms with Crippen LogP contribution in [0.2, 0.25) is 0 Å². The number of carboxylic acids is 1. The normalized spacial score (nSPS) is 15.9. The molecule has 9 nitrogen and oxygen atoms in total. The van der Waals surface area contributed by atoms with Gasteiger partial charge in [-0.15, -0.1) is 11.3 Å². The standard InChI is InChI=1S/C21H26N3O6PS2/c1-13(2)19(24-33(29,30)21-23-17-8-3-4-9-18(17)32-21)31(27,28)12-16(20(25)26)15-7-5-6-14(10-15)11-22/h3-10,13,16,19,24H,11-12,22H2,1-2H3,(H,25,26)(H,27,28). The van der Waals surface area contributed by atoms with Crippen molar-refractivity contribution in [3.05, 3.63) is 59.7 Å². The van der Waals surface area contributed by atoms with Crippen molar-refractivity contribution in [2.75, 3.05) is 6.16 Å². The molecule has 1 heterocycles. The van der Waals surface area contributed by atoms with E-state index in [1.165, 1.54) is 0 Å². The molecule has 12 heteroatoms. The predicted molar refractivity (Wildman–Crippen MR) is 128 cm³/mol. The van der Waals surface area contributed by atoms with Gasteiger partial charge in [-0.25, -0.2) is 13.4 Å². The van der Waals surface area contributed by atoms with Crippen LogP contribution in [0.1, 0.15) is 30.9 Å². The maximum Gasteiger partial charge on any atom is 0.311 e. The second-order valence-electron chi connectivity index (χ2n) is 8.04.